The Labute approximate surface area is 130 Å². The van der Waals surface area contributed by atoms with Crippen molar-refractivity contribution in [3.63, 3.8) is 0 Å². The molecule has 106 valence electrons. The molecule has 3 rings (SSSR count). The van der Waals surface area contributed by atoms with E-state index in [9.17, 15) is 0 Å². The summed E-state index contributed by atoms with van der Waals surface area (Å²) < 4.78 is 2.63. The number of aromatic nitrogens is 5. The van der Waals surface area contributed by atoms with Gasteiger partial charge in [-0.3, -0.25) is 4.68 Å². The molecule has 0 aliphatic carbocycles. The van der Waals surface area contributed by atoms with Crippen LogP contribution in [0.15, 0.2) is 59.9 Å². The lowest BCUT2D eigenvalue weighted by Crippen LogP contribution is -2.19. The fourth-order valence-electron chi connectivity index (χ4n) is 1.98. The van der Waals surface area contributed by atoms with Crippen molar-refractivity contribution in [1.82, 2.24) is 24.7 Å². The Balaban J connectivity index is 1.83. The summed E-state index contributed by atoms with van der Waals surface area (Å²) in [4.78, 5) is 12.5. The fraction of sp³-hybridized carbons (Fsp3) is 0.143. The molecule has 0 amide bonds. The van der Waals surface area contributed by atoms with E-state index in [2.05, 4.69) is 53.4 Å². The van der Waals surface area contributed by atoms with Crippen molar-refractivity contribution < 1.29 is 0 Å². The summed E-state index contributed by atoms with van der Waals surface area (Å²) in [7, 11) is 0. The molecule has 21 heavy (non-hydrogen) atoms. The molecule has 1 aromatic carbocycles. The molecule has 0 spiro atoms. The standard InChI is InChI=1S/C14H13BrN6/c15-12-6-17-14(18-7-12)20-13(8-21-10-16-9-19-21)11-4-2-1-3-5-11/h1-7,9-10,13H,8H2,(H,17,18,20). The lowest BCUT2D eigenvalue weighted by molar-refractivity contribution is 0.547. The summed E-state index contributed by atoms with van der Waals surface area (Å²) in [6.07, 6.45) is 6.65. The molecule has 0 bridgehead atoms. The van der Waals surface area contributed by atoms with Crippen molar-refractivity contribution in [2.24, 2.45) is 0 Å². The summed E-state index contributed by atoms with van der Waals surface area (Å²) in [5.41, 5.74) is 1.14. The van der Waals surface area contributed by atoms with Crippen LogP contribution in [0.1, 0.15) is 11.6 Å². The second-order valence-electron chi connectivity index (χ2n) is 4.45. The number of nitrogens with zero attached hydrogens (tertiary/aromatic N) is 5. The predicted molar refractivity (Wildman–Crippen MR) is 82.6 cm³/mol. The van der Waals surface area contributed by atoms with E-state index in [0.29, 0.717) is 12.5 Å². The van der Waals surface area contributed by atoms with Gasteiger partial charge in [0.25, 0.3) is 0 Å². The molecule has 1 N–H and O–H groups in total. The third-order valence-corrected chi connectivity index (χ3v) is 3.37. The van der Waals surface area contributed by atoms with Crippen molar-refractivity contribution >= 4 is 21.9 Å². The van der Waals surface area contributed by atoms with Crippen LogP contribution in [0.3, 0.4) is 0 Å². The van der Waals surface area contributed by atoms with E-state index in [1.807, 2.05) is 18.2 Å². The third kappa shape index (κ3) is 3.63. The van der Waals surface area contributed by atoms with E-state index < -0.39 is 0 Å². The molecule has 3 aromatic rings. The van der Waals surface area contributed by atoms with Gasteiger partial charge in [0.05, 0.1) is 17.1 Å². The topological polar surface area (TPSA) is 68.5 Å². The second kappa shape index (κ2) is 6.45. The molecule has 1 unspecified atom stereocenters. The maximum Gasteiger partial charge on any atom is 0.223 e. The number of hydrogen-bond acceptors (Lipinski definition) is 5. The van der Waals surface area contributed by atoms with Crippen LogP contribution in [-0.4, -0.2) is 24.7 Å². The Morgan fingerprint density at radius 2 is 1.90 bits per heavy atom. The molecule has 0 radical (unpaired) electrons. The van der Waals surface area contributed by atoms with Gasteiger partial charge >= 0.3 is 0 Å². The molecule has 0 fully saturated rings. The number of halogens is 1. The Bertz CT molecular complexity index is 668. The molecular formula is C14H13BrN6. The summed E-state index contributed by atoms with van der Waals surface area (Å²) in [5.74, 6) is 0.576. The van der Waals surface area contributed by atoms with Crippen LogP contribution in [0.4, 0.5) is 5.95 Å². The van der Waals surface area contributed by atoms with Crippen molar-refractivity contribution in [1.29, 1.82) is 0 Å². The highest BCUT2D eigenvalue weighted by Gasteiger charge is 2.13. The molecule has 0 saturated carbocycles. The Kier molecular flexibility index (Phi) is 4.20. The summed E-state index contributed by atoms with van der Waals surface area (Å²) in [6, 6.07) is 10.1. The van der Waals surface area contributed by atoms with Gasteiger partial charge in [-0.2, -0.15) is 5.10 Å². The maximum atomic E-state index is 4.26. The van der Waals surface area contributed by atoms with Crippen molar-refractivity contribution in [2.75, 3.05) is 5.32 Å². The van der Waals surface area contributed by atoms with Gasteiger partial charge < -0.3 is 5.32 Å². The third-order valence-electron chi connectivity index (χ3n) is 2.96. The average molecular weight is 345 g/mol. The number of benzene rings is 1. The molecule has 0 saturated heterocycles. The second-order valence-corrected chi connectivity index (χ2v) is 5.37. The SMILES string of the molecule is Brc1cnc(NC(Cn2cncn2)c2ccccc2)nc1. The zero-order valence-electron chi connectivity index (χ0n) is 11.1. The normalized spacial score (nSPS) is 12.0. The van der Waals surface area contributed by atoms with E-state index in [0.717, 1.165) is 10.0 Å². The van der Waals surface area contributed by atoms with E-state index in [1.165, 1.54) is 6.33 Å². The molecule has 1 atom stereocenters. The Morgan fingerprint density at radius 3 is 2.57 bits per heavy atom. The number of nitrogens with one attached hydrogen (secondary N) is 1. The Morgan fingerprint density at radius 1 is 1.14 bits per heavy atom. The lowest BCUT2D eigenvalue weighted by atomic mass is 10.1. The van der Waals surface area contributed by atoms with Crippen molar-refractivity contribution in [2.45, 2.75) is 12.6 Å². The van der Waals surface area contributed by atoms with Gasteiger partial charge in [-0.25, -0.2) is 15.0 Å². The quantitative estimate of drug-likeness (QED) is 0.770. The first-order chi connectivity index (χ1) is 10.3. The Hall–Kier alpha value is -2.28. The number of rotatable bonds is 5. The lowest BCUT2D eigenvalue weighted by Gasteiger charge is -2.19. The van der Waals surface area contributed by atoms with Gasteiger partial charge in [0.2, 0.25) is 5.95 Å². The van der Waals surface area contributed by atoms with E-state index in [4.69, 9.17) is 0 Å². The zero-order valence-corrected chi connectivity index (χ0v) is 12.7. The van der Waals surface area contributed by atoms with Crippen LogP contribution < -0.4 is 5.32 Å². The average Bonchev–Trinajstić information content (AvgIpc) is 3.03. The van der Waals surface area contributed by atoms with Crippen LogP contribution in [0.5, 0.6) is 0 Å². The van der Waals surface area contributed by atoms with Crippen LogP contribution in [0, 0.1) is 0 Å². The first kappa shape index (κ1) is 13.7. The molecule has 6 nitrogen and oxygen atoms in total. The van der Waals surface area contributed by atoms with Gasteiger partial charge in [0, 0.05) is 12.4 Å². The van der Waals surface area contributed by atoms with Crippen LogP contribution in [-0.2, 0) is 6.54 Å². The summed E-state index contributed by atoms with van der Waals surface area (Å²) in [5, 5.41) is 7.48. The van der Waals surface area contributed by atoms with Gasteiger partial charge in [-0.05, 0) is 21.5 Å². The molecule has 0 aliphatic heterocycles. The minimum absolute atomic E-state index is 0.00840. The van der Waals surface area contributed by atoms with Gasteiger partial charge in [0.15, 0.2) is 0 Å². The van der Waals surface area contributed by atoms with Gasteiger partial charge in [-0.1, -0.05) is 30.3 Å². The van der Waals surface area contributed by atoms with Crippen LogP contribution in [0.25, 0.3) is 0 Å². The molecular weight excluding hydrogens is 332 g/mol. The first-order valence-electron chi connectivity index (χ1n) is 6.43. The minimum Gasteiger partial charge on any atom is -0.346 e. The zero-order chi connectivity index (χ0) is 14.5. The molecule has 2 aromatic heterocycles. The highest BCUT2D eigenvalue weighted by atomic mass is 79.9. The van der Waals surface area contributed by atoms with Crippen LogP contribution >= 0.6 is 15.9 Å². The predicted octanol–water partition coefficient (Wildman–Crippen LogP) is 2.68. The number of hydrogen-bond donors (Lipinski definition) is 1. The minimum atomic E-state index is 0.00840. The largest absolute Gasteiger partial charge is 0.346 e. The van der Waals surface area contributed by atoms with E-state index >= 15 is 0 Å². The van der Waals surface area contributed by atoms with Crippen molar-refractivity contribution in [3.05, 3.63) is 65.4 Å². The highest BCUT2D eigenvalue weighted by Crippen LogP contribution is 2.19. The highest BCUT2D eigenvalue weighted by molar-refractivity contribution is 9.10. The van der Waals surface area contributed by atoms with E-state index in [-0.39, 0.29) is 6.04 Å². The van der Waals surface area contributed by atoms with Crippen LogP contribution in [0.2, 0.25) is 0 Å². The first-order valence-corrected chi connectivity index (χ1v) is 7.22. The monoisotopic (exact) mass is 344 g/mol. The van der Waals surface area contributed by atoms with E-state index in [1.54, 1.807) is 23.4 Å². The van der Waals surface area contributed by atoms with Crippen molar-refractivity contribution in [3.8, 4) is 0 Å². The van der Waals surface area contributed by atoms with Gasteiger partial charge in [0.1, 0.15) is 12.7 Å². The smallest absolute Gasteiger partial charge is 0.223 e. The molecule has 0 aliphatic rings. The summed E-state index contributed by atoms with van der Waals surface area (Å²) >= 11 is 3.33. The molecule has 2 heterocycles. The summed E-state index contributed by atoms with van der Waals surface area (Å²) in [6.45, 7) is 0.642. The molecule has 7 heteroatoms. The maximum absolute atomic E-state index is 4.26. The van der Waals surface area contributed by atoms with Gasteiger partial charge in [-0.15, -0.1) is 0 Å². The number of anilines is 1. The fourth-order valence-corrected chi connectivity index (χ4v) is 2.18.